The second-order valence-corrected chi connectivity index (χ2v) is 4.72. The molecule has 0 unspecified atom stereocenters. The molecule has 1 rings (SSSR count). The van der Waals surface area contributed by atoms with Gasteiger partial charge in [-0.1, -0.05) is 50.3 Å². The summed E-state index contributed by atoms with van der Waals surface area (Å²) in [4.78, 5) is 27.6. The molecule has 0 saturated heterocycles. The molecule has 0 atom stereocenters. The highest BCUT2D eigenvalue weighted by atomic mass is 16.6. The predicted molar refractivity (Wildman–Crippen MR) is 74.5 cm³/mol. The van der Waals surface area contributed by atoms with Gasteiger partial charge in [0.05, 0.1) is 13.0 Å². The largest absolute Gasteiger partial charge is 0.478 e. The monoisotopic (exact) mass is 277 g/mol. The molecular weight excluding hydrogens is 258 g/mol. The van der Waals surface area contributed by atoms with Gasteiger partial charge in [0.15, 0.2) is 0 Å². The van der Waals surface area contributed by atoms with Crippen LogP contribution in [0.25, 0.3) is 0 Å². The number of carbonyl (C=O) groups is 2. The highest BCUT2D eigenvalue weighted by molar-refractivity contribution is 5.93. The Labute approximate surface area is 118 Å². The molecule has 0 spiro atoms. The normalized spacial score (nSPS) is 11.4. The van der Waals surface area contributed by atoms with E-state index in [0.29, 0.717) is 0 Å². The number of allylic oxidation sites excluding steroid dienone is 1. The fraction of sp³-hybridized carbons (Fsp3) is 0.333. The van der Waals surface area contributed by atoms with Crippen LogP contribution in [0.5, 0.6) is 0 Å². The highest BCUT2D eigenvalue weighted by Gasteiger charge is 2.13. The van der Waals surface area contributed by atoms with Gasteiger partial charge < -0.3 is 5.11 Å². The number of amides is 1. The van der Waals surface area contributed by atoms with Crippen molar-refractivity contribution in [2.75, 3.05) is 0 Å². The number of nitrogens with one attached hydrogen (secondary N) is 1. The van der Waals surface area contributed by atoms with Gasteiger partial charge in [0.25, 0.3) is 0 Å². The van der Waals surface area contributed by atoms with E-state index in [9.17, 15) is 9.59 Å². The van der Waals surface area contributed by atoms with Crippen LogP contribution < -0.4 is 5.48 Å². The Kier molecular flexibility index (Phi) is 6.46. The maximum absolute atomic E-state index is 11.6. The summed E-state index contributed by atoms with van der Waals surface area (Å²) < 4.78 is 0. The molecule has 0 aliphatic carbocycles. The number of rotatable bonds is 7. The molecule has 0 aliphatic heterocycles. The van der Waals surface area contributed by atoms with E-state index in [1.807, 2.05) is 44.2 Å². The van der Waals surface area contributed by atoms with Crippen molar-refractivity contribution in [1.82, 2.24) is 5.48 Å². The van der Waals surface area contributed by atoms with Gasteiger partial charge in [0.1, 0.15) is 0 Å². The second kappa shape index (κ2) is 8.12. The number of hydrogen-bond acceptors (Lipinski definition) is 3. The van der Waals surface area contributed by atoms with E-state index in [4.69, 9.17) is 9.94 Å². The first-order valence-corrected chi connectivity index (χ1v) is 6.37. The van der Waals surface area contributed by atoms with Gasteiger partial charge in [-0.2, -0.15) is 0 Å². The summed E-state index contributed by atoms with van der Waals surface area (Å²) in [6, 6.07) is 9.36. The molecule has 20 heavy (non-hydrogen) atoms. The first kappa shape index (κ1) is 15.9. The van der Waals surface area contributed by atoms with Crippen LogP contribution in [0, 0.1) is 5.92 Å². The molecule has 2 N–H and O–H groups in total. The van der Waals surface area contributed by atoms with Crippen molar-refractivity contribution in [1.29, 1.82) is 0 Å². The van der Waals surface area contributed by atoms with Crippen LogP contribution in [0.1, 0.15) is 25.8 Å². The third-order valence-electron chi connectivity index (χ3n) is 2.43. The van der Waals surface area contributed by atoms with E-state index < -0.39 is 11.9 Å². The quantitative estimate of drug-likeness (QED) is 0.592. The van der Waals surface area contributed by atoms with Crippen LogP contribution in [0.15, 0.2) is 42.0 Å². The van der Waals surface area contributed by atoms with E-state index in [0.717, 1.165) is 5.56 Å². The van der Waals surface area contributed by atoms with Crippen LogP contribution in [-0.4, -0.2) is 17.0 Å². The smallest absolute Gasteiger partial charge is 0.331 e. The van der Waals surface area contributed by atoms with Crippen molar-refractivity contribution in [2.45, 2.75) is 26.9 Å². The minimum Gasteiger partial charge on any atom is -0.478 e. The van der Waals surface area contributed by atoms with Gasteiger partial charge in [-0.3, -0.25) is 9.63 Å². The summed E-state index contributed by atoms with van der Waals surface area (Å²) in [5.74, 6) is -1.49. The Balaban J connectivity index is 2.41. The standard InChI is InChI=1S/C15H19NO4/c1-11(2)8-13(15(18)19)9-14(17)16-20-10-12-6-4-3-5-7-12/h3-8,11H,9-10H2,1-2H3,(H,16,17)(H,18,19). The molecular formula is C15H19NO4. The number of benzene rings is 1. The lowest BCUT2D eigenvalue weighted by Gasteiger charge is -2.07. The second-order valence-electron chi connectivity index (χ2n) is 4.72. The zero-order valence-corrected chi connectivity index (χ0v) is 11.6. The third kappa shape index (κ3) is 6.15. The van der Waals surface area contributed by atoms with E-state index >= 15 is 0 Å². The number of hydroxylamine groups is 1. The number of carbonyl (C=O) groups excluding carboxylic acids is 1. The maximum Gasteiger partial charge on any atom is 0.331 e. The Hall–Kier alpha value is -2.14. The van der Waals surface area contributed by atoms with Crippen molar-refractivity contribution in [3.63, 3.8) is 0 Å². The summed E-state index contributed by atoms with van der Waals surface area (Å²) in [5.41, 5.74) is 3.24. The summed E-state index contributed by atoms with van der Waals surface area (Å²) in [7, 11) is 0. The fourth-order valence-electron chi connectivity index (χ4n) is 1.59. The SMILES string of the molecule is CC(C)C=C(CC(=O)NOCc1ccccc1)C(=O)O. The summed E-state index contributed by atoms with van der Waals surface area (Å²) in [5, 5.41) is 8.99. The van der Waals surface area contributed by atoms with Gasteiger partial charge in [0.2, 0.25) is 5.91 Å². The molecule has 0 radical (unpaired) electrons. The predicted octanol–water partition coefficient (Wildman–Crippen LogP) is 2.29. The lowest BCUT2D eigenvalue weighted by Crippen LogP contribution is -2.25. The number of aliphatic carboxylic acids is 1. The van der Waals surface area contributed by atoms with Crippen LogP contribution in [0.4, 0.5) is 0 Å². The molecule has 5 heteroatoms. The zero-order valence-electron chi connectivity index (χ0n) is 11.6. The van der Waals surface area contributed by atoms with Gasteiger partial charge in [-0.15, -0.1) is 0 Å². The first-order chi connectivity index (χ1) is 9.49. The molecule has 1 aromatic carbocycles. The number of carboxylic acid groups (broad SMARTS) is 1. The van der Waals surface area contributed by atoms with Crippen molar-refractivity contribution in [3.05, 3.63) is 47.5 Å². The minimum atomic E-state index is -1.09. The molecule has 1 amide bonds. The van der Waals surface area contributed by atoms with Crippen LogP contribution >= 0.6 is 0 Å². The van der Waals surface area contributed by atoms with Crippen molar-refractivity contribution in [2.24, 2.45) is 5.92 Å². The first-order valence-electron chi connectivity index (χ1n) is 6.37. The Morgan fingerprint density at radius 1 is 1.30 bits per heavy atom. The van der Waals surface area contributed by atoms with Crippen LogP contribution in [0.2, 0.25) is 0 Å². The zero-order chi connectivity index (χ0) is 15.0. The molecule has 0 fully saturated rings. The summed E-state index contributed by atoms with van der Waals surface area (Å²) in [6.45, 7) is 3.95. The van der Waals surface area contributed by atoms with Crippen molar-refractivity contribution in [3.8, 4) is 0 Å². The summed E-state index contributed by atoms with van der Waals surface area (Å²) >= 11 is 0. The Bertz CT molecular complexity index is 480. The molecule has 0 aromatic heterocycles. The molecule has 108 valence electrons. The Morgan fingerprint density at radius 3 is 2.50 bits per heavy atom. The van der Waals surface area contributed by atoms with Crippen molar-refractivity contribution < 1.29 is 19.5 Å². The van der Waals surface area contributed by atoms with Gasteiger partial charge >= 0.3 is 5.97 Å². The van der Waals surface area contributed by atoms with E-state index in [1.165, 1.54) is 0 Å². The number of carboxylic acids is 1. The number of hydrogen-bond donors (Lipinski definition) is 2. The molecule has 1 aromatic rings. The van der Waals surface area contributed by atoms with E-state index in [1.54, 1.807) is 6.08 Å². The molecule has 0 bridgehead atoms. The Morgan fingerprint density at radius 2 is 1.95 bits per heavy atom. The van der Waals surface area contributed by atoms with E-state index in [-0.39, 0.29) is 24.5 Å². The third-order valence-corrected chi connectivity index (χ3v) is 2.43. The molecule has 0 aliphatic rings. The van der Waals surface area contributed by atoms with Crippen molar-refractivity contribution >= 4 is 11.9 Å². The molecule has 5 nitrogen and oxygen atoms in total. The van der Waals surface area contributed by atoms with Gasteiger partial charge in [-0.05, 0) is 11.5 Å². The lowest BCUT2D eigenvalue weighted by molar-refractivity contribution is -0.137. The van der Waals surface area contributed by atoms with Gasteiger partial charge in [0, 0.05) is 5.57 Å². The average Bonchev–Trinajstić information content (AvgIpc) is 2.38. The van der Waals surface area contributed by atoms with Gasteiger partial charge in [-0.25, -0.2) is 10.3 Å². The van der Waals surface area contributed by atoms with Crippen LogP contribution in [-0.2, 0) is 21.0 Å². The molecule has 0 saturated carbocycles. The summed E-state index contributed by atoms with van der Waals surface area (Å²) in [6.07, 6.45) is 1.35. The topological polar surface area (TPSA) is 75.6 Å². The lowest BCUT2D eigenvalue weighted by atomic mass is 10.1. The average molecular weight is 277 g/mol. The molecule has 0 heterocycles. The maximum atomic E-state index is 11.6. The van der Waals surface area contributed by atoms with Crippen LogP contribution in [0.3, 0.4) is 0 Å². The minimum absolute atomic E-state index is 0.0686. The van der Waals surface area contributed by atoms with E-state index in [2.05, 4.69) is 5.48 Å². The highest BCUT2D eigenvalue weighted by Crippen LogP contribution is 2.07. The fourth-order valence-corrected chi connectivity index (χ4v) is 1.59.